The lowest BCUT2D eigenvalue weighted by atomic mass is 10.1. The summed E-state index contributed by atoms with van der Waals surface area (Å²) in [6.07, 6.45) is 0.563. The second kappa shape index (κ2) is 7.62. The molecule has 1 atom stereocenters. The van der Waals surface area contributed by atoms with Crippen LogP contribution in [0.25, 0.3) is 0 Å². The number of aryl methyl sites for hydroxylation is 1. The van der Waals surface area contributed by atoms with Crippen molar-refractivity contribution in [2.45, 2.75) is 19.8 Å². The number of carbonyl (C=O) groups excluding carboxylic acids is 2. The van der Waals surface area contributed by atoms with Crippen molar-refractivity contribution in [2.24, 2.45) is 5.92 Å². The van der Waals surface area contributed by atoms with Crippen molar-refractivity contribution in [3.05, 3.63) is 35.6 Å². The quantitative estimate of drug-likeness (QED) is 0.750. The molecule has 0 aliphatic carbocycles. The number of carbonyl (C=O) groups is 2. The van der Waals surface area contributed by atoms with E-state index >= 15 is 0 Å². The summed E-state index contributed by atoms with van der Waals surface area (Å²) >= 11 is 0. The monoisotopic (exact) mass is 281 g/mol. The number of nitrogens with zero attached hydrogens (tertiary/aromatic N) is 1. The molecule has 0 spiro atoms. The summed E-state index contributed by atoms with van der Waals surface area (Å²) in [5.74, 6) is -1.14. The van der Waals surface area contributed by atoms with Gasteiger partial charge in [-0.05, 0) is 18.1 Å². The van der Waals surface area contributed by atoms with Crippen LogP contribution in [0.2, 0.25) is 0 Å². The molecule has 20 heavy (non-hydrogen) atoms. The van der Waals surface area contributed by atoms with Gasteiger partial charge in [-0.1, -0.05) is 25.1 Å². The summed E-state index contributed by atoms with van der Waals surface area (Å²) in [6.45, 7) is 2.00. The largest absolute Gasteiger partial charge is 0.469 e. The molecular weight excluding hydrogens is 261 g/mol. The van der Waals surface area contributed by atoms with Crippen LogP contribution in [0.3, 0.4) is 0 Å². The maximum absolute atomic E-state index is 13.4. The number of hydrogen-bond donors (Lipinski definition) is 0. The van der Waals surface area contributed by atoms with E-state index in [2.05, 4.69) is 4.74 Å². The minimum atomic E-state index is -0.373. The van der Waals surface area contributed by atoms with Gasteiger partial charge in [0.1, 0.15) is 5.82 Å². The predicted molar refractivity (Wildman–Crippen MR) is 73.5 cm³/mol. The molecule has 0 heterocycles. The number of ether oxygens (including phenoxy) is 1. The van der Waals surface area contributed by atoms with E-state index in [9.17, 15) is 14.0 Å². The van der Waals surface area contributed by atoms with E-state index in [0.29, 0.717) is 18.5 Å². The number of methoxy groups -OCH3 is 1. The lowest BCUT2D eigenvalue weighted by molar-refractivity contribution is -0.146. The molecule has 0 aliphatic heterocycles. The Kier molecular flexibility index (Phi) is 6.15. The van der Waals surface area contributed by atoms with Crippen LogP contribution in [0.4, 0.5) is 4.39 Å². The summed E-state index contributed by atoms with van der Waals surface area (Å²) in [6, 6.07) is 6.40. The molecule has 1 amide bonds. The molecule has 1 unspecified atom stereocenters. The Morgan fingerprint density at radius 2 is 2.00 bits per heavy atom. The summed E-state index contributed by atoms with van der Waals surface area (Å²) in [7, 11) is 2.95. The van der Waals surface area contributed by atoms with E-state index in [4.69, 9.17) is 0 Å². The molecule has 110 valence electrons. The Hall–Kier alpha value is -1.91. The third-order valence-electron chi connectivity index (χ3n) is 3.14. The normalized spacial score (nSPS) is 11.8. The van der Waals surface area contributed by atoms with Gasteiger partial charge in [-0.25, -0.2) is 4.39 Å². The van der Waals surface area contributed by atoms with Gasteiger partial charge in [-0.15, -0.1) is 0 Å². The fourth-order valence-electron chi connectivity index (χ4n) is 1.92. The summed E-state index contributed by atoms with van der Waals surface area (Å²) in [5.41, 5.74) is 0.523. The number of halogens is 1. The predicted octanol–water partition coefficient (Wildman–Crippen LogP) is 2.03. The van der Waals surface area contributed by atoms with Gasteiger partial charge < -0.3 is 9.64 Å². The van der Waals surface area contributed by atoms with E-state index in [1.54, 1.807) is 32.2 Å². The fourth-order valence-corrected chi connectivity index (χ4v) is 1.92. The van der Waals surface area contributed by atoms with Crippen molar-refractivity contribution in [1.29, 1.82) is 0 Å². The number of esters is 1. The molecule has 0 bridgehead atoms. The molecule has 0 radical (unpaired) electrons. The van der Waals surface area contributed by atoms with Crippen molar-refractivity contribution in [1.82, 2.24) is 4.90 Å². The van der Waals surface area contributed by atoms with E-state index in [1.807, 2.05) is 0 Å². The van der Waals surface area contributed by atoms with E-state index in [1.165, 1.54) is 18.1 Å². The SMILES string of the molecule is COC(=O)C(C)CN(C)C(=O)CCc1ccccc1F. The highest BCUT2D eigenvalue weighted by Crippen LogP contribution is 2.10. The minimum absolute atomic E-state index is 0.121. The second-order valence-electron chi connectivity index (χ2n) is 4.79. The van der Waals surface area contributed by atoms with Crippen LogP contribution in [0, 0.1) is 11.7 Å². The van der Waals surface area contributed by atoms with Gasteiger partial charge in [0.2, 0.25) is 5.91 Å². The third kappa shape index (κ3) is 4.64. The highest BCUT2D eigenvalue weighted by molar-refractivity contribution is 5.77. The Labute approximate surface area is 118 Å². The van der Waals surface area contributed by atoms with Crippen LogP contribution in [-0.4, -0.2) is 37.5 Å². The molecule has 1 rings (SSSR count). The fraction of sp³-hybridized carbons (Fsp3) is 0.467. The minimum Gasteiger partial charge on any atom is -0.469 e. The van der Waals surface area contributed by atoms with Crippen molar-refractivity contribution in [3.8, 4) is 0 Å². The molecule has 0 aromatic heterocycles. The van der Waals surface area contributed by atoms with Crippen LogP contribution in [0.5, 0.6) is 0 Å². The van der Waals surface area contributed by atoms with Gasteiger partial charge in [0, 0.05) is 20.0 Å². The summed E-state index contributed by atoms with van der Waals surface area (Å²) < 4.78 is 18.0. The second-order valence-corrected chi connectivity index (χ2v) is 4.79. The van der Waals surface area contributed by atoms with Crippen LogP contribution in [0.1, 0.15) is 18.9 Å². The van der Waals surface area contributed by atoms with Gasteiger partial charge >= 0.3 is 5.97 Å². The molecule has 0 saturated carbocycles. The van der Waals surface area contributed by atoms with Crippen molar-refractivity contribution in [2.75, 3.05) is 20.7 Å². The Balaban J connectivity index is 2.46. The average Bonchev–Trinajstić information content (AvgIpc) is 2.44. The maximum atomic E-state index is 13.4. The van der Waals surface area contributed by atoms with Gasteiger partial charge in [0.05, 0.1) is 13.0 Å². The van der Waals surface area contributed by atoms with Crippen LogP contribution >= 0.6 is 0 Å². The smallest absolute Gasteiger partial charge is 0.310 e. The molecule has 0 N–H and O–H groups in total. The average molecular weight is 281 g/mol. The molecule has 4 nitrogen and oxygen atoms in total. The zero-order chi connectivity index (χ0) is 15.1. The lowest BCUT2D eigenvalue weighted by Gasteiger charge is -2.20. The molecule has 5 heteroatoms. The highest BCUT2D eigenvalue weighted by atomic mass is 19.1. The molecule has 0 saturated heterocycles. The van der Waals surface area contributed by atoms with E-state index < -0.39 is 0 Å². The number of rotatable bonds is 6. The highest BCUT2D eigenvalue weighted by Gasteiger charge is 2.18. The number of hydrogen-bond acceptors (Lipinski definition) is 3. The van der Waals surface area contributed by atoms with E-state index in [0.717, 1.165) is 0 Å². The zero-order valence-corrected chi connectivity index (χ0v) is 12.1. The van der Waals surface area contributed by atoms with Crippen molar-refractivity contribution < 1.29 is 18.7 Å². The standard InChI is InChI=1S/C15H20FNO3/c1-11(15(19)20-3)10-17(2)14(18)9-8-12-6-4-5-7-13(12)16/h4-7,11H,8-10H2,1-3H3. The van der Waals surface area contributed by atoms with Gasteiger partial charge in [0.15, 0.2) is 0 Å². The summed E-state index contributed by atoms with van der Waals surface area (Å²) in [4.78, 5) is 24.7. The molecule has 0 aliphatic rings. The van der Waals surface area contributed by atoms with Crippen LogP contribution in [0.15, 0.2) is 24.3 Å². The van der Waals surface area contributed by atoms with Gasteiger partial charge in [-0.3, -0.25) is 9.59 Å². The van der Waals surface area contributed by atoms with Gasteiger partial charge in [-0.2, -0.15) is 0 Å². The Morgan fingerprint density at radius 3 is 2.60 bits per heavy atom. The first kappa shape index (κ1) is 16.1. The summed E-state index contributed by atoms with van der Waals surface area (Å²) in [5, 5.41) is 0. The molecule has 0 fully saturated rings. The zero-order valence-electron chi connectivity index (χ0n) is 12.1. The van der Waals surface area contributed by atoms with Crippen LogP contribution < -0.4 is 0 Å². The van der Waals surface area contributed by atoms with Gasteiger partial charge in [0.25, 0.3) is 0 Å². The van der Waals surface area contributed by atoms with Crippen LogP contribution in [-0.2, 0) is 20.7 Å². The van der Waals surface area contributed by atoms with Crippen molar-refractivity contribution in [3.63, 3.8) is 0 Å². The Bertz CT molecular complexity index is 476. The molecule has 1 aromatic carbocycles. The van der Waals surface area contributed by atoms with Crippen molar-refractivity contribution >= 4 is 11.9 Å². The molecular formula is C15H20FNO3. The number of benzene rings is 1. The van der Waals surface area contributed by atoms with E-state index in [-0.39, 0.29) is 30.0 Å². The molecule has 1 aromatic rings. The number of amides is 1. The third-order valence-corrected chi connectivity index (χ3v) is 3.14. The first-order chi connectivity index (χ1) is 9.45. The first-order valence-corrected chi connectivity index (χ1v) is 6.51. The first-order valence-electron chi connectivity index (χ1n) is 6.51. The maximum Gasteiger partial charge on any atom is 0.310 e. The Morgan fingerprint density at radius 1 is 1.35 bits per heavy atom. The topological polar surface area (TPSA) is 46.6 Å². The lowest BCUT2D eigenvalue weighted by Crippen LogP contribution is -2.34.